The van der Waals surface area contributed by atoms with Crippen LogP contribution in [0.2, 0.25) is 0 Å². The molecule has 0 bridgehead atoms. The molecule has 0 aromatic rings. The molecular weight excluding hydrogens is 460 g/mol. The van der Waals surface area contributed by atoms with Gasteiger partial charge in [0, 0.05) is 13.0 Å². The molecule has 1 atom stereocenters. The van der Waals surface area contributed by atoms with Gasteiger partial charge in [-0.3, -0.25) is 4.79 Å². The Bertz CT molecular complexity index is 477. The van der Waals surface area contributed by atoms with Crippen LogP contribution < -0.4 is 0 Å². The van der Waals surface area contributed by atoms with E-state index in [1.54, 1.807) is 0 Å². The van der Waals surface area contributed by atoms with Crippen molar-refractivity contribution in [3.63, 3.8) is 0 Å². The van der Waals surface area contributed by atoms with E-state index in [1.807, 2.05) is 6.92 Å². The van der Waals surface area contributed by atoms with E-state index < -0.39 is 6.10 Å². The fraction of sp³-hybridized carbons (Fsp3) is 0.909. The van der Waals surface area contributed by atoms with Crippen molar-refractivity contribution in [3.8, 4) is 0 Å². The monoisotopic (exact) mass is 524 g/mol. The lowest BCUT2D eigenvalue weighted by molar-refractivity contribution is -0.154. The standard InChI is InChI=1S/C33H64O4/c1-3-5-6-7-8-9-10-11-12-13-14-15-16-17-18-19-20-21-22-23-24-25-26-27-29-36-31-32(30-34)37-33(35)28-4-2/h13-14,32,34H,3-12,15-31H2,1-2H3/b14-13-. The predicted octanol–water partition coefficient (Wildman–Crippen LogP) is 9.87. The second-order valence-corrected chi connectivity index (χ2v) is 10.9. The second-order valence-electron chi connectivity index (χ2n) is 10.9. The Morgan fingerprint density at radius 2 is 1.05 bits per heavy atom. The number of hydrogen-bond donors (Lipinski definition) is 1. The number of ether oxygens (including phenoxy) is 2. The highest BCUT2D eigenvalue weighted by molar-refractivity contribution is 5.69. The first-order chi connectivity index (χ1) is 18.2. The third-order valence-electron chi connectivity index (χ3n) is 7.06. The smallest absolute Gasteiger partial charge is 0.306 e. The molecule has 220 valence electrons. The van der Waals surface area contributed by atoms with Gasteiger partial charge in [-0.05, 0) is 38.5 Å². The molecule has 0 radical (unpaired) electrons. The summed E-state index contributed by atoms with van der Waals surface area (Å²) in [6.07, 6.45) is 35.2. The number of aliphatic hydroxyl groups is 1. The first-order valence-corrected chi connectivity index (χ1v) is 16.3. The maximum absolute atomic E-state index is 11.5. The van der Waals surface area contributed by atoms with E-state index in [9.17, 15) is 9.90 Å². The molecule has 1 N–H and O–H groups in total. The molecule has 0 spiro atoms. The van der Waals surface area contributed by atoms with E-state index >= 15 is 0 Å². The summed E-state index contributed by atoms with van der Waals surface area (Å²) >= 11 is 0. The van der Waals surface area contributed by atoms with Crippen molar-refractivity contribution < 1.29 is 19.4 Å². The van der Waals surface area contributed by atoms with Gasteiger partial charge in [0.25, 0.3) is 0 Å². The summed E-state index contributed by atoms with van der Waals surface area (Å²) in [5.74, 6) is -0.252. The van der Waals surface area contributed by atoms with Crippen LogP contribution in [0, 0.1) is 0 Å². The Balaban J connectivity index is 3.22. The van der Waals surface area contributed by atoms with Crippen molar-refractivity contribution in [1.29, 1.82) is 0 Å². The summed E-state index contributed by atoms with van der Waals surface area (Å²) < 4.78 is 10.8. The Labute approximate surface area is 231 Å². The molecule has 0 rings (SSSR count). The molecule has 0 heterocycles. The third kappa shape index (κ3) is 29.5. The quantitative estimate of drug-likeness (QED) is 0.0577. The van der Waals surface area contributed by atoms with Crippen LogP contribution in [0.3, 0.4) is 0 Å². The van der Waals surface area contributed by atoms with Gasteiger partial charge in [0.1, 0.15) is 6.10 Å². The topological polar surface area (TPSA) is 55.8 Å². The number of carbonyl (C=O) groups is 1. The van der Waals surface area contributed by atoms with Crippen molar-refractivity contribution in [1.82, 2.24) is 0 Å². The number of carbonyl (C=O) groups excluding carboxylic acids is 1. The third-order valence-corrected chi connectivity index (χ3v) is 7.06. The molecular formula is C33H64O4. The summed E-state index contributed by atoms with van der Waals surface area (Å²) in [5, 5.41) is 9.28. The summed E-state index contributed by atoms with van der Waals surface area (Å²) in [7, 11) is 0. The number of aliphatic hydroxyl groups excluding tert-OH is 1. The summed E-state index contributed by atoms with van der Waals surface area (Å²) in [6.45, 7) is 5.02. The number of unbranched alkanes of at least 4 members (excludes halogenated alkanes) is 20. The Morgan fingerprint density at radius 1 is 0.622 bits per heavy atom. The Morgan fingerprint density at radius 3 is 1.49 bits per heavy atom. The number of allylic oxidation sites excluding steroid dienone is 2. The van der Waals surface area contributed by atoms with Gasteiger partial charge in [0.2, 0.25) is 0 Å². The van der Waals surface area contributed by atoms with E-state index in [2.05, 4.69) is 19.1 Å². The van der Waals surface area contributed by atoms with E-state index in [-0.39, 0.29) is 12.6 Å². The molecule has 0 aromatic heterocycles. The number of esters is 1. The van der Waals surface area contributed by atoms with Crippen molar-refractivity contribution in [2.75, 3.05) is 19.8 Å². The predicted molar refractivity (Wildman–Crippen MR) is 159 cm³/mol. The second kappa shape index (κ2) is 31.3. The molecule has 0 fully saturated rings. The van der Waals surface area contributed by atoms with Crippen molar-refractivity contribution in [3.05, 3.63) is 12.2 Å². The van der Waals surface area contributed by atoms with Crippen molar-refractivity contribution in [2.45, 2.75) is 174 Å². The zero-order valence-corrected chi connectivity index (χ0v) is 25.0. The average Bonchev–Trinajstić information content (AvgIpc) is 2.90. The van der Waals surface area contributed by atoms with E-state index in [1.165, 1.54) is 135 Å². The van der Waals surface area contributed by atoms with Gasteiger partial charge in [-0.2, -0.15) is 0 Å². The van der Waals surface area contributed by atoms with Crippen LogP contribution >= 0.6 is 0 Å². The van der Waals surface area contributed by atoms with Gasteiger partial charge in [-0.15, -0.1) is 0 Å². The van der Waals surface area contributed by atoms with Gasteiger partial charge in [-0.25, -0.2) is 0 Å². The van der Waals surface area contributed by atoms with Crippen molar-refractivity contribution >= 4 is 5.97 Å². The molecule has 0 aliphatic heterocycles. The van der Waals surface area contributed by atoms with Gasteiger partial charge >= 0.3 is 5.97 Å². The summed E-state index contributed by atoms with van der Waals surface area (Å²) in [5.41, 5.74) is 0. The SMILES string of the molecule is CCCCCCCCCC/C=C\CCCCCCCCCCCCCCOCC(CO)OC(=O)CCC. The molecule has 0 amide bonds. The van der Waals surface area contributed by atoms with Crippen LogP contribution in [0.4, 0.5) is 0 Å². The minimum atomic E-state index is -0.523. The maximum atomic E-state index is 11.5. The Kier molecular flexibility index (Phi) is 30.6. The van der Waals surface area contributed by atoms with E-state index in [0.29, 0.717) is 19.6 Å². The van der Waals surface area contributed by atoms with Crippen molar-refractivity contribution in [2.24, 2.45) is 0 Å². The zero-order valence-electron chi connectivity index (χ0n) is 25.0. The highest BCUT2D eigenvalue weighted by Crippen LogP contribution is 2.13. The van der Waals surface area contributed by atoms with Crippen LogP contribution in [-0.4, -0.2) is 37.0 Å². The lowest BCUT2D eigenvalue weighted by Crippen LogP contribution is -2.27. The highest BCUT2D eigenvalue weighted by Gasteiger charge is 2.12. The van der Waals surface area contributed by atoms with Crippen LogP contribution in [0.5, 0.6) is 0 Å². The average molecular weight is 525 g/mol. The maximum Gasteiger partial charge on any atom is 0.306 e. The Hall–Kier alpha value is -0.870. The van der Waals surface area contributed by atoms with Crippen LogP contribution in [0.1, 0.15) is 168 Å². The fourth-order valence-electron chi connectivity index (χ4n) is 4.65. The van der Waals surface area contributed by atoms with Gasteiger partial charge < -0.3 is 14.6 Å². The summed E-state index contributed by atoms with van der Waals surface area (Å²) in [6, 6.07) is 0. The van der Waals surface area contributed by atoms with E-state index in [0.717, 1.165) is 12.8 Å². The molecule has 0 aromatic carbocycles. The van der Waals surface area contributed by atoms with Gasteiger partial charge in [0.05, 0.1) is 13.2 Å². The zero-order chi connectivity index (χ0) is 27.1. The van der Waals surface area contributed by atoms with E-state index in [4.69, 9.17) is 9.47 Å². The van der Waals surface area contributed by atoms with Crippen LogP contribution in [0.15, 0.2) is 12.2 Å². The molecule has 0 saturated heterocycles. The lowest BCUT2D eigenvalue weighted by Gasteiger charge is -2.15. The minimum Gasteiger partial charge on any atom is -0.457 e. The van der Waals surface area contributed by atoms with Gasteiger partial charge in [-0.1, -0.05) is 135 Å². The lowest BCUT2D eigenvalue weighted by atomic mass is 10.0. The molecule has 1 unspecified atom stereocenters. The fourth-order valence-corrected chi connectivity index (χ4v) is 4.65. The highest BCUT2D eigenvalue weighted by atomic mass is 16.6. The first-order valence-electron chi connectivity index (χ1n) is 16.3. The normalized spacial score (nSPS) is 12.4. The first kappa shape index (κ1) is 36.1. The largest absolute Gasteiger partial charge is 0.457 e. The molecule has 4 heteroatoms. The van der Waals surface area contributed by atoms with Gasteiger partial charge in [0.15, 0.2) is 0 Å². The van der Waals surface area contributed by atoms with Crippen LogP contribution in [0.25, 0.3) is 0 Å². The molecule has 37 heavy (non-hydrogen) atoms. The molecule has 0 aliphatic carbocycles. The molecule has 4 nitrogen and oxygen atoms in total. The number of hydrogen-bond acceptors (Lipinski definition) is 4. The molecule has 0 saturated carbocycles. The number of rotatable bonds is 30. The minimum absolute atomic E-state index is 0.174. The summed E-state index contributed by atoms with van der Waals surface area (Å²) in [4.78, 5) is 11.5. The molecule has 0 aliphatic rings. The van der Waals surface area contributed by atoms with Crippen LogP contribution in [-0.2, 0) is 14.3 Å².